The number of carbonyl (C=O) groups excluding carboxylic acids is 2. The highest BCUT2D eigenvalue weighted by molar-refractivity contribution is 8.47. The number of hydrogen-bond acceptors (Lipinski definition) is 7. The molecule has 1 N–H and O–H groups in total. The fraction of sp³-hybridized carbons (Fsp3) is 0.667. The van der Waals surface area contributed by atoms with E-state index in [4.69, 9.17) is 17.0 Å². The largest absolute Gasteiger partial charge is 0.461 e. The fourth-order valence-corrected chi connectivity index (χ4v) is 4.75. The molecule has 2 unspecified atom stereocenters. The molecule has 0 saturated heterocycles. The first-order valence-corrected chi connectivity index (χ1v) is 10.7. The Kier molecular flexibility index (Phi) is 12.7. The molecule has 0 fully saturated rings. The molecular weight excluding hydrogens is 388 g/mol. The van der Waals surface area contributed by atoms with Crippen LogP contribution in [0, 0.1) is 11.3 Å². The molecule has 0 aliphatic heterocycles. The molecule has 8 heteroatoms. The first-order chi connectivity index (χ1) is 12.1. The van der Waals surface area contributed by atoms with Gasteiger partial charge in [0.2, 0.25) is 5.91 Å². The number of rotatable bonds is 11. The van der Waals surface area contributed by atoms with Crippen molar-refractivity contribution in [2.24, 2.45) is 0 Å². The predicted molar refractivity (Wildman–Crippen MR) is 114 cm³/mol. The Morgan fingerprint density at radius 3 is 2.65 bits per heavy atom. The summed E-state index contributed by atoms with van der Waals surface area (Å²) in [7, 11) is 0. The molecule has 0 heterocycles. The lowest BCUT2D eigenvalue weighted by Gasteiger charge is -2.21. The third-order valence-electron chi connectivity index (χ3n) is 3.34. The Hall–Kier alpha value is -1.04. The zero-order valence-electron chi connectivity index (χ0n) is 15.9. The summed E-state index contributed by atoms with van der Waals surface area (Å²) in [5, 5.41) is 12.1. The summed E-state index contributed by atoms with van der Waals surface area (Å²) in [6, 6.07) is 2.25. The maximum atomic E-state index is 12.0. The quantitative estimate of drug-likeness (QED) is 0.234. The zero-order valence-corrected chi connectivity index (χ0v) is 18.4. The smallest absolute Gasteiger partial charge is 0.306 e. The first kappa shape index (κ1) is 25.0. The Morgan fingerprint density at radius 1 is 1.46 bits per heavy atom. The van der Waals surface area contributed by atoms with Gasteiger partial charge in [-0.15, -0.1) is 11.8 Å². The minimum atomic E-state index is -0.757. The van der Waals surface area contributed by atoms with Gasteiger partial charge in [-0.25, -0.2) is 0 Å². The minimum Gasteiger partial charge on any atom is -0.461 e. The van der Waals surface area contributed by atoms with E-state index in [1.807, 2.05) is 0 Å². The molecule has 0 rings (SSSR count). The van der Waals surface area contributed by atoms with E-state index in [9.17, 15) is 14.9 Å². The molecule has 0 aliphatic rings. The van der Waals surface area contributed by atoms with Gasteiger partial charge in [0, 0.05) is 12.0 Å². The Morgan fingerprint density at radius 2 is 2.12 bits per heavy atom. The zero-order chi connectivity index (χ0) is 20.2. The summed E-state index contributed by atoms with van der Waals surface area (Å²) < 4.78 is 5.24. The average Bonchev–Trinajstić information content (AvgIpc) is 2.58. The van der Waals surface area contributed by atoms with Crippen LogP contribution < -0.4 is 5.32 Å². The number of esters is 1. The topological polar surface area (TPSA) is 79.2 Å². The van der Waals surface area contributed by atoms with Crippen molar-refractivity contribution in [3.63, 3.8) is 0 Å². The molecule has 5 nitrogen and oxygen atoms in total. The molecule has 0 aromatic rings. The van der Waals surface area contributed by atoms with E-state index in [2.05, 4.69) is 24.9 Å². The molecule has 26 heavy (non-hydrogen) atoms. The Labute approximate surface area is 170 Å². The van der Waals surface area contributed by atoms with Crippen LogP contribution in [0.2, 0.25) is 0 Å². The SMILES string of the molecule is C=C(C)C(=O)NCC(C)OC(=O)CCC(C)(C#N)SC(=S)SCCCC. The highest BCUT2D eigenvalue weighted by Gasteiger charge is 2.28. The molecule has 0 bridgehead atoms. The number of ether oxygens (including phenoxy) is 1. The molecular formula is C18H28N2O3S3. The molecule has 2 atom stereocenters. The highest BCUT2D eigenvalue weighted by Crippen LogP contribution is 2.34. The third kappa shape index (κ3) is 11.6. The van der Waals surface area contributed by atoms with E-state index in [0.29, 0.717) is 12.0 Å². The number of nitrogens with zero attached hydrogens (tertiary/aromatic N) is 1. The number of hydrogen-bond donors (Lipinski definition) is 1. The Bertz CT molecular complexity index is 560. The van der Waals surface area contributed by atoms with Crippen molar-refractivity contribution in [3.05, 3.63) is 12.2 Å². The molecule has 0 aromatic carbocycles. The molecule has 0 aromatic heterocycles. The monoisotopic (exact) mass is 416 g/mol. The predicted octanol–water partition coefficient (Wildman–Crippen LogP) is 4.22. The number of carbonyl (C=O) groups is 2. The van der Waals surface area contributed by atoms with Gasteiger partial charge < -0.3 is 10.1 Å². The summed E-state index contributed by atoms with van der Waals surface area (Å²) in [4.78, 5) is 23.4. The van der Waals surface area contributed by atoms with Crippen molar-refractivity contribution in [1.82, 2.24) is 5.32 Å². The van der Waals surface area contributed by atoms with Gasteiger partial charge in [0.15, 0.2) is 0 Å². The summed E-state index contributed by atoms with van der Waals surface area (Å²) in [5.41, 5.74) is 0.401. The van der Waals surface area contributed by atoms with E-state index >= 15 is 0 Å². The summed E-state index contributed by atoms with van der Waals surface area (Å²) in [6.07, 6.45) is 2.22. The second-order valence-electron chi connectivity index (χ2n) is 6.19. The molecule has 146 valence electrons. The van der Waals surface area contributed by atoms with Gasteiger partial charge in [-0.05, 0) is 39.4 Å². The second kappa shape index (κ2) is 13.2. The number of nitriles is 1. The summed E-state index contributed by atoms with van der Waals surface area (Å²) in [6.45, 7) is 11.0. The van der Waals surface area contributed by atoms with Crippen LogP contribution in [0.25, 0.3) is 0 Å². The number of unbranched alkanes of at least 4 members (excludes halogenated alkanes) is 1. The van der Waals surface area contributed by atoms with Gasteiger partial charge >= 0.3 is 5.97 Å². The second-order valence-corrected chi connectivity index (χ2v) is 9.99. The van der Waals surface area contributed by atoms with Crippen molar-refractivity contribution in [3.8, 4) is 6.07 Å². The summed E-state index contributed by atoms with van der Waals surface area (Å²) in [5.74, 6) is 0.281. The maximum Gasteiger partial charge on any atom is 0.306 e. The van der Waals surface area contributed by atoms with Crippen molar-refractivity contribution in [2.75, 3.05) is 12.3 Å². The Balaban J connectivity index is 4.30. The third-order valence-corrected chi connectivity index (χ3v) is 6.19. The van der Waals surface area contributed by atoms with Gasteiger partial charge in [0.1, 0.15) is 14.4 Å². The molecule has 0 spiro atoms. The lowest BCUT2D eigenvalue weighted by atomic mass is 10.1. The van der Waals surface area contributed by atoms with E-state index in [0.717, 1.165) is 22.1 Å². The maximum absolute atomic E-state index is 12.0. The van der Waals surface area contributed by atoms with Crippen LogP contribution in [-0.2, 0) is 14.3 Å². The van der Waals surface area contributed by atoms with Crippen LogP contribution in [-0.4, -0.2) is 38.6 Å². The lowest BCUT2D eigenvalue weighted by Crippen LogP contribution is -2.33. The van der Waals surface area contributed by atoms with Gasteiger partial charge in [0.25, 0.3) is 0 Å². The van der Waals surface area contributed by atoms with Gasteiger partial charge in [0.05, 0.1) is 12.6 Å². The van der Waals surface area contributed by atoms with Crippen LogP contribution in [0.1, 0.15) is 53.4 Å². The number of thioether (sulfide) groups is 2. The van der Waals surface area contributed by atoms with Crippen LogP contribution in [0.15, 0.2) is 12.2 Å². The standard InChI is InChI=1S/C18H28N2O3S3/c1-6-7-10-25-17(24)26-18(5,12-19)9-8-15(21)23-14(4)11-20-16(22)13(2)3/h14H,2,6-11H2,1,3-5H3,(H,20,22). The van der Waals surface area contributed by atoms with Crippen molar-refractivity contribution >= 4 is 51.1 Å². The van der Waals surface area contributed by atoms with E-state index in [-0.39, 0.29) is 18.9 Å². The highest BCUT2D eigenvalue weighted by atomic mass is 32.2. The molecule has 1 amide bonds. The van der Waals surface area contributed by atoms with E-state index < -0.39 is 16.8 Å². The van der Waals surface area contributed by atoms with Crippen LogP contribution >= 0.6 is 35.7 Å². The lowest BCUT2D eigenvalue weighted by molar-refractivity contribution is -0.148. The van der Waals surface area contributed by atoms with Crippen LogP contribution in [0.5, 0.6) is 0 Å². The van der Waals surface area contributed by atoms with Crippen molar-refractivity contribution < 1.29 is 14.3 Å². The first-order valence-electron chi connectivity index (χ1n) is 8.53. The van der Waals surface area contributed by atoms with Gasteiger partial charge in [-0.2, -0.15) is 5.26 Å². The minimum absolute atomic E-state index is 0.123. The van der Waals surface area contributed by atoms with Crippen molar-refractivity contribution in [1.29, 1.82) is 5.26 Å². The van der Waals surface area contributed by atoms with Crippen LogP contribution in [0.3, 0.4) is 0 Å². The average molecular weight is 417 g/mol. The summed E-state index contributed by atoms with van der Waals surface area (Å²) >= 11 is 8.24. The normalized spacial score (nSPS) is 13.8. The number of amides is 1. The van der Waals surface area contributed by atoms with Gasteiger partial charge in [-0.3, -0.25) is 9.59 Å². The fourth-order valence-electron chi connectivity index (χ4n) is 1.70. The van der Waals surface area contributed by atoms with Gasteiger partial charge in [-0.1, -0.05) is 43.9 Å². The van der Waals surface area contributed by atoms with Crippen molar-refractivity contribution in [2.45, 2.75) is 64.2 Å². The molecule has 0 aliphatic carbocycles. The van der Waals surface area contributed by atoms with E-state index in [1.54, 1.807) is 32.5 Å². The number of nitrogens with one attached hydrogen (secondary N) is 1. The van der Waals surface area contributed by atoms with Crippen LogP contribution in [0.4, 0.5) is 0 Å². The van der Waals surface area contributed by atoms with E-state index in [1.165, 1.54) is 11.8 Å². The number of thiocarbonyl (C=S) groups is 1. The molecule has 0 radical (unpaired) electrons. The molecule has 0 saturated carbocycles.